The van der Waals surface area contributed by atoms with Gasteiger partial charge in [-0.05, 0) is 23.4 Å². The quantitative estimate of drug-likeness (QED) is 0.540. The summed E-state index contributed by atoms with van der Waals surface area (Å²) in [7, 11) is 1.66. The monoisotopic (exact) mass is 416 g/mol. The van der Waals surface area contributed by atoms with Crippen molar-refractivity contribution in [2.75, 3.05) is 46.3 Å². The Hall–Kier alpha value is -2.22. The van der Waals surface area contributed by atoms with Crippen LogP contribution in [0.15, 0.2) is 41.8 Å². The number of rotatable bonds is 8. The van der Waals surface area contributed by atoms with Crippen LogP contribution in [-0.4, -0.2) is 63.0 Å². The number of nitrogens with two attached hydrogens (primary N) is 1. The van der Waals surface area contributed by atoms with E-state index in [1.54, 1.807) is 18.4 Å². The molecule has 1 aliphatic rings. The second-order valence-corrected chi connectivity index (χ2v) is 8.49. The van der Waals surface area contributed by atoms with Crippen LogP contribution < -0.4 is 15.5 Å². The smallest absolute Gasteiger partial charge is 0.278 e. The highest BCUT2D eigenvalue weighted by atomic mass is 32.1. The standard InChI is InChI=1S/C22H30N4O2S/c1-3-17-6-8-18(9-7-17)22(19-5-4-14-29-19)24-15-21(28)26-12-10-25(11-13-26)16-20(27)23-2/h4-9,14,22,24H,3,10-13,15-16H2,1-2H3,(H,23,27)/p+2/t22-/m0/s1. The molecule has 0 bridgehead atoms. The lowest BCUT2D eigenvalue weighted by atomic mass is 10.0. The molecule has 0 spiro atoms. The molecule has 1 atom stereocenters. The van der Waals surface area contributed by atoms with E-state index in [2.05, 4.69) is 59.3 Å². The molecule has 1 fully saturated rings. The minimum Gasteiger partial charge on any atom is -0.354 e. The number of benzene rings is 1. The van der Waals surface area contributed by atoms with Gasteiger partial charge in [0, 0.05) is 12.6 Å². The van der Waals surface area contributed by atoms with E-state index >= 15 is 0 Å². The zero-order valence-corrected chi connectivity index (χ0v) is 18.1. The Balaban J connectivity index is 1.57. The van der Waals surface area contributed by atoms with Gasteiger partial charge in [-0.15, -0.1) is 11.3 Å². The van der Waals surface area contributed by atoms with Gasteiger partial charge in [0.2, 0.25) is 0 Å². The zero-order chi connectivity index (χ0) is 20.6. The van der Waals surface area contributed by atoms with Gasteiger partial charge < -0.3 is 20.4 Å². The number of likely N-dealkylation sites (N-methyl/N-ethyl adjacent to an activating group) is 1. The molecule has 29 heavy (non-hydrogen) atoms. The average Bonchev–Trinajstić information content (AvgIpc) is 3.29. The number of aryl methyl sites for hydroxylation is 1. The summed E-state index contributed by atoms with van der Waals surface area (Å²) in [6.45, 7) is 6.16. The molecule has 1 aromatic heterocycles. The molecule has 2 amide bonds. The van der Waals surface area contributed by atoms with Crippen LogP contribution in [0.1, 0.15) is 29.0 Å². The third-order valence-electron chi connectivity index (χ3n) is 5.64. The van der Waals surface area contributed by atoms with Crippen molar-refractivity contribution in [3.05, 3.63) is 57.8 Å². The molecular formula is C22H32N4O2S+2. The third kappa shape index (κ3) is 5.88. The molecular weight excluding hydrogens is 384 g/mol. The van der Waals surface area contributed by atoms with Gasteiger partial charge >= 0.3 is 0 Å². The number of hydrogen-bond donors (Lipinski definition) is 3. The highest BCUT2D eigenvalue weighted by Crippen LogP contribution is 2.23. The van der Waals surface area contributed by atoms with Crippen molar-refractivity contribution < 1.29 is 19.8 Å². The van der Waals surface area contributed by atoms with E-state index in [4.69, 9.17) is 0 Å². The van der Waals surface area contributed by atoms with Crippen LogP contribution in [0.5, 0.6) is 0 Å². The van der Waals surface area contributed by atoms with Crippen LogP contribution in [0.4, 0.5) is 0 Å². The van der Waals surface area contributed by atoms with Gasteiger partial charge in [0.15, 0.2) is 13.1 Å². The van der Waals surface area contributed by atoms with Gasteiger partial charge in [-0.3, -0.25) is 9.59 Å². The summed E-state index contributed by atoms with van der Waals surface area (Å²) >= 11 is 1.73. The predicted molar refractivity (Wildman–Crippen MR) is 115 cm³/mol. The van der Waals surface area contributed by atoms with Gasteiger partial charge in [0.1, 0.15) is 6.04 Å². The van der Waals surface area contributed by atoms with E-state index in [1.807, 2.05) is 4.90 Å². The number of thiophene rings is 1. The van der Waals surface area contributed by atoms with Crippen molar-refractivity contribution in [3.8, 4) is 0 Å². The van der Waals surface area contributed by atoms with Crippen molar-refractivity contribution in [2.45, 2.75) is 19.4 Å². The number of nitrogens with zero attached hydrogens (tertiary/aromatic N) is 1. The Bertz CT molecular complexity index is 784. The Morgan fingerprint density at radius 3 is 2.52 bits per heavy atom. The normalized spacial score (nSPS) is 15.9. The molecule has 0 saturated carbocycles. The molecule has 0 radical (unpaired) electrons. The average molecular weight is 417 g/mol. The lowest BCUT2D eigenvalue weighted by Gasteiger charge is -2.31. The molecule has 2 heterocycles. The summed E-state index contributed by atoms with van der Waals surface area (Å²) in [6.07, 6.45) is 1.03. The van der Waals surface area contributed by atoms with Gasteiger partial charge in [0.05, 0.1) is 31.1 Å². The molecule has 4 N–H and O–H groups in total. The molecule has 1 aliphatic heterocycles. The highest BCUT2D eigenvalue weighted by Gasteiger charge is 2.27. The molecule has 1 saturated heterocycles. The van der Waals surface area contributed by atoms with Crippen LogP contribution in [0.25, 0.3) is 0 Å². The Kier molecular flexibility index (Phi) is 7.80. The van der Waals surface area contributed by atoms with Gasteiger partial charge in [-0.2, -0.15) is 0 Å². The zero-order valence-electron chi connectivity index (χ0n) is 17.3. The summed E-state index contributed by atoms with van der Waals surface area (Å²) in [4.78, 5) is 28.8. The van der Waals surface area contributed by atoms with E-state index in [-0.39, 0.29) is 17.9 Å². The lowest BCUT2D eigenvalue weighted by Crippen LogP contribution is -3.16. The fourth-order valence-corrected chi connectivity index (χ4v) is 4.61. The summed E-state index contributed by atoms with van der Waals surface area (Å²) in [5, 5.41) is 6.91. The largest absolute Gasteiger partial charge is 0.354 e. The third-order valence-corrected chi connectivity index (χ3v) is 6.59. The lowest BCUT2D eigenvalue weighted by molar-refractivity contribution is -0.896. The summed E-state index contributed by atoms with van der Waals surface area (Å²) in [5.41, 5.74) is 2.56. The van der Waals surface area contributed by atoms with Crippen LogP contribution in [-0.2, 0) is 16.0 Å². The molecule has 2 aromatic rings. The first-order chi connectivity index (χ1) is 14.1. The Morgan fingerprint density at radius 2 is 1.93 bits per heavy atom. The van der Waals surface area contributed by atoms with Gasteiger partial charge in [-0.25, -0.2) is 0 Å². The molecule has 0 aliphatic carbocycles. The number of carbonyl (C=O) groups excluding carboxylic acids is 2. The van der Waals surface area contributed by atoms with Crippen molar-refractivity contribution >= 4 is 23.2 Å². The number of hydrogen-bond acceptors (Lipinski definition) is 3. The molecule has 156 valence electrons. The van der Waals surface area contributed by atoms with E-state index in [0.717, 1.165) is 19.5 Å². The topological polar surface area (TPSA) is 70.5 Å². The maximum absolute atomic E-state index is 12.8. The Morgan fingerprint density at radius 1 is 1.21 bits per heavy atom. The highest BCUT2D eigenvalue weighted by molar-refractivity contribution is 7.10. The Labute approximate surface area is 176 Å². The minimum atomic E-state index is 0.0565. The molecule has 1 aromatic carbocycles. The first-order valence-electron chi connectivity index (χ1n) is 10.4. The van der Waals surface area contributed by atoms with Crippen molar-refractivity contribution in [3.63, 3.8) is 0 Å². The van der Waals surface area contributed by atoms with E-state index in [1.165, 1.54) is 20.9 Å². The fourth-order valence-electron chi connectivity index (χ4n) is 3.76. The second kappa shape index (κ2) is 10.5. The summed E-state index contributed by atoms with van der Waals surface area (Å²) in [6, 6.07) is 13.1. The van der Waals surface area contributed by atoms with E-state index < -0.39 is 0 Å². The number of piperazine rings is 1. The molecule has 3 rings (SSSR count). The maximum atomic E-state index is 12.8. The number of carbonyl (C=O) groups is 2. The number of nitrogens with one attached hydrogen (secondary N) is 2. The SMILES string of the molecule is CCc1ccc([C@H]([NH2+]CC(=O)N2CC[NH+](CC(=O)NC)CC2)c2cccs2)cc1. The van der Waals surface area contributed by atoms with Crippen molar-refractivity contribution in [1.82, 2.24) is 10.2 Å². The molecule has 0 unspecified atom stereocenters. The maximum Gasteiger partial charge on any atom is 0.278 e. The molecule has 7 heteroatoms. The fraction of sp³-hybridized carbons (Fsp3) is 0.455. The van der Waals surface area contributed by atoms with Crippen LogP contribution in [0, 0.1) is 0 Å². The van der Waals surface area contributed by atoms with Gasteiger partial charge in [0.25, 0.3) is 11.8 Å². The first-order valence-corrected chi connectivity index (χ1v) is 11.3. The number of quaternary nitrogens is 2. The van der Waals surface area contributed by atoms with E-state index in [0.29, 0.717) is 26.2 Å². The molecule has 6 nitrogen and oxygen atoms in total. The predicted octanol–water partition coefficient (Wildman–Crippen LogP) is -0.564. The second-order valence-electron chi connectivity index (χ2n) is 7.51. The minimum absolute atomic E-state index is 0.0565. The summed E-state index contributed by atoms with van der Waals surface area (Å²) < 4.78 is 0. The summed E-state index contributed by atoms with van der Waals surface area (Å²) in [5.74, 6) is 0.233. The van der Waals surface area contributed by atoms with Crippen molar-refractivity contribution in [1.29, 1.82) is 0 Å². The van der Waals surface area contributed by atoms with Crippen LogP contribution >= 0.6 is 11.3 Å². The van der Waals surface area contributed by atoms with Crippen molar-refractivity contribution in [2.24, 2.45) is 0 Å². The van der Waals surface area contributed by atoms with Crippen LogP contribution in [0.3, 0.4) is 0 Å². The number of amides is 2. The van der Waals surface area contributed by atoms with E-state index in [9.17, 15) is 9.59 Å². The van der Waals surface area contributed by atoms with Crippen LogP contribution in [0.2, 0.25) is 0 Å². The first kappa shape index (κ1) is 21.5. The van der Waals surface area contributed by atoms with Gasteiger partial charge in [-0.1, -0.05) is 37.3 Å².